The minimum absolute atomic E-state index is 0.0374. The van der Waals surface area contributed by atoms with Crippen molar-refractivity contribution in [2.45, 2.75) is 53.1 Å². The maximum atomic E-state index is 14.0. The van der Waals surface area contributed by atoms with Gasteiger partial charge in [0.2, 0.25) is 5.78 Å². The van der Waals surface area contributed by atoms with E-state index in [1.807, 2.05) is 18.7 Å². The lowest BCUT2D eigenvalue weighted by Gasteiger charge is -2.44. The quantitative estimate of drug-likeness (QED) is 0.234. The summed E-state index contributed by atoms with van der Waals surface area (Å²) in [7, 11) is 3.01. The van der Waals surface area contributed by atoms with Crippen molar-refractivity contribution in [3.63, 3.8) is 0 Å². The number of likely N-dealkylation sites (N-methyl/N-ethyl adjacent to an activating group) is 1. The number of hydrogen-bond acceptors (Lipinski definition) is 6. The molecule has 2 atom stereocenters. The molecule has 1 aromatic heterocycles. The minimum Gasteiger partial charge on any atom is -0.444 e. The lowest BCUT2D eigenvalue weighted by atomic mass is 10.0. The molecule has 0 bridgehead atoms. The molecule has 3 aromatic rings. The number of benzene rings is 2. The van der Waals surface area contributed by atoms with Crippen LogP contribution < -0.4 is 0 Å². The normalized spacial score (nSPS) is 17.6. The molecular formula is C31H37FN4O5. The Morgan fingerprint density at radius 3 is 2.32 bits per heavy atom. The first-order chi connectivity index (χ1) is 19.4. The zero-order valence-corrected chi connectivity index (χ0v) is 24.4. The van der Waals surface area contributed by atoms with Crippen molar-refractivity contribution in [2.24, 2.45) is 5.92 Å². The van der Waals surface area contributed by atoms with Gasteiger partial charge in [-0.1, -0.05) is 26.0 Å². The first kappa shape index (κ1) is 29.9. The van der Waals surface area contributed by atoms with Crippen molar-refractivity contribution in [1.29, 1.82) is 0 Å². The molecule has 0 saturated carbocycles. The summed E-state index contributed by atoms with van der Waals surface area (Å²) < 4.78 is 20.5. The van der Waals surface area contributed by atoms with E-state index in [9.17, 15) is 23.6 Å². The number of fused-ring (bicyclic) bond motifs is 1. The van der Waals surface area contributed by atoms with Crippen molar-refractivity contribution in [2.75, 3.05) is 27.2 Å². The van der Waals surface area contributed by atoms with Gasteiger partial charge in [-0.2, -0.15) is 0 Å². The van der Waals surface area contributed by atoms with Crippen LogP contribution in [-0.4, -0.2) is 82.1 Å². The Hall–Kier alpha value is -4.05. The number of carbonyl (C=O) groups excluding carboxylic acids is 4. The number of esters is 1. The third kappa shape index (κ3) is 6.48. The Balaban J connectivity index is 1.64. The molecule has 9 nitrogen and oxygen atoms in total. The maximum absolute atomic E-state index is 14.0. The average Bonchev–Trinajstić information content (AvgIpc) is 3.31. The fourth-order valence-electron chi connectivity index (χ4n) is 5.02. The highest BCUT2D eigenvalue weighted by molar-refractivity contribution is 6.43. The molecule has 0 aliphatic carbocycles. The lowest BCUT2D eigenvalue weighted by Crippen LogP contribution is -2.57. The van der Waals surface area contributed by atoms with Gasteiger partial charge in [-0.05, 0) is 49.7 Å². The van der Waals surface area contributed by atoms with Crippen LogP contribution in [0.2, 0.25) is 0 Å². The van der Waals surface area contributed by atoms with E-state index in [4.69, 9.17) is 4.74 Å². The van der Waals surface area contributed by atoms with Crippen LogP contribution in [0.15, 0.2) is 48.7 Å². The number of hydrogen-bond donors (Lipinski definition) is 0. The molecule has 218 valence electrons. The summed E-state index contributed by atoms with van der Waals surface area (Å²) in [6, 6.07) is 11.1. The molecule has 0 N–H and O–H groups in total. The van der Waals surface area contributed by atoms with Crippen LogP contribution in [0.5, 0.6) is 0 Å². The number of ketones is 1. The molecular weight excluding hydrogens is 527 g/mol. The van der Waals surface area contributed by atoms with Gasteiger partial charge in [-0.15, -0.1) is 0 Å². The smallest absolute Gasteiger partial charge is 0.310 e. The molecule has 1 aliphatic heterocycles. The summed E-state index contributed by atoms with van der Waals surface area (Å²) >= 11 is 0. The number of ether oxygens (including phenoxy) is 1. The predicted molar refractivity (Wildman–Crippen MR) is 153 cm³/mol. The van der Waals surface area contributed by atoms with Crippen molar-refractivity contribution in [3.05, 3.63) is 71.2 Å². The summed E-state index contributed by atoms with van der Waals surface area (Å²) in [6.45, 7) is 9.14. The number of rotatable bonds is 8. The number of amides is 2. The van der Waals surface area contributed by atoms with Gasteiger partial charge in [0, 0.05) is 63.0 Å². The summed E-state index contributed by atoms with van der Waals surface area (Å²) in [6.07, 6.45) is 1.64. The van der Waals surface area contributed by atoms with E-state index in [1.54, 1.807) is 54.9 Å². The molecule has 2 aromatic carbocycles. The van der Waals surface area contributed by atoms with Crippen LogP contribution >= 0.6 is 0 Å². The highest BCUT2D eigenvalue weighted by Gasteiger charge is 2.34. The lowest BCUT2D eigenvalue weighted by molar-refractivity contribution is -0.151. The molecule has 0 unspecified atom stereocenters. The fraction of sp³-hybridized carbons (Fsp3) is 0.419. The Labute approximate surface area is 239 Å². The van der Waals surface area contributed by atoms with Gasteiger partial charge >= 0.3 is 5.97 Å². The molecule has 1 saturated heterocycles. The molecule has 10 heteroatoms. The second-order valence-electron chi connectivity index (χ2n) is 11.2. The van der Waals surface area contributed by atoms with Crippen molar-refractivity contribution in [1.82, 2.24) is 19.3 Å². The molecule has 1 aliphatic rings. The predicted octanol–water partition coefficient (Wildman–Crippen LogP) is 3.94. The van der Waals surface area contributed by atoms with Gasteiger partial charge in [0.1, 0.15) is 5.82 Å². The summed E-state index contributed by atoms with van der Waals surface area (Å²) in [5.41, 5.74) is 2.13. The van der Waals surface area contributed by atoms with E-state index in [1.165, 1.54) is 31.1 Å². The van der Waals surface area contributed by atoms with Crippen LogP contribution in [0.3, 0.4) is 0 Å². The Morgan fingerprint density at radius 2 is 1.68 bits per heavy atom. The average molecular weight is 565 g/mol. The Bertz CT molecular complexity index is 1460. The highest BCUT2D eigenvalue weighted by atomic mass is 19.1. The first-order valence-electron chi connectivity index (χ1n) is 13.7. The zero-order chi connectivity index (χ0) is 30.0. The van der Waals surface area contributed by atoms with Crippen LogP contribution in [0.25, 0.3) is 10.9 Å². The molecule has 4 rings (SSSR count). The number of nitrogens with zero attached hydrogens (tertiary/aromatic N) is 4. The van der Waals surface area contributed by atoms with E-state index >= 15 is 0 Å². The Kier molecular flexibility index (Phi) is 8.92. The summed E-state index contributed by atoms with van der Waals surface area (Å²) in [5.74, 6) is -2.52. The number of carbonyl (C=O) groups is 4. The molecule has 2 heterocycles. The topological polar surface area (TPSA) is 92.2 Å². The van der Waals surface area contributed by atoms with E-state index in [0.717, 1.165) is 5.56 Å². The number of Topliss-reactive ketones (excluding diaryl/α,β-unsaturated/α-hetero) is 1. The van der Waals surface area contributed by atoms with Crippen molar-refractivity contribution < 1.29 is 28.3 Å². The summed E-state index contributed by atoms with van der Waals surface area (Å²) in [4.78, 5) is 56.7. The van der Waals surface area contributed by atoms with Crippen molar-refractivity contribution >= 4 is 34.5 Å². The number of piperazine rings is 1. The van der Waals surface area contributed by atoms with E-state index in [0.29, 0.717) is 36.1 Å². The van der Waals surface area contributed by atoms with E-state index in [-0.39, 0.29) is 48.0 Å². The third-order valence-corrected chi connectivity index (χ3v) is 7.47. The second kappa shape index (κ2) is 12.2. The Morgan fingerprint density at radius 1 is 1.00 bits per heavy atom. The van der Waals surface area contributed by atoms with Gasteiger partial charge in [-0.3, -0.25) is 24.1 Å². The molecule has 0 radical (unpaired) electrons. The molecule has 2 amide bonds. The number of aromatic nitrogens is 1. The maximum Gasteiger partial charge on any atom is 0.310 e. The van der Waals surface area contributed by atoms with Gasteiger partial charge < -0.3 is 19.1 Å². The van der Waals surface area contributed by atoms with E-state index in [2.05, 4.69) is 4.90 Å². The molecule has 41 heavy (non-hydrogen) atoms. The van der Waals surface area contributed by atoms with E-state index < -0.39 is 11.7 Å². The monoisotopic (exact) mass is 564 g/mol. The van der Waals surface area contributed by atoms with Gasteiger partial charge in [0.05, 0.1) is 17.0 Å². The van der Waals surface area contributed by atoms with Crippen molar-refractivity contribution in [3.8, 4) is 0 Å². The fourth-order valence-corrected chi connectivity index (χ4v) is 5.02. The first-order valence-corrected chi connectivity index (χ1v) is 13.7. The van der Waals surface area contributed by atoms with Gasteiger partial charge in [-0.25, -0.2) is 4.39 Å². The zero-order valence-electron chi connectivity index (χ0n) is 24.4. The van der Waals surface area contributed by atoms with Crippen LogP contribution in [-0.2, 0) is 27.6 Å². The van der Waals surface area contributed by atoms with Crippen LogP contribution in [0, 0.1) is 11.7 Å². The minimum atomic E-state index is -0.675. The number of halogens is 1. The largest absolute Gasteiger partial charge is 0.444 e. The highest BCUT2D eigenvalue weighted by Crippen LogP contribution is 2.28. The van der Waals surface area contributed by atoms with Crippen LogP contribution in [0.1, 0.15) is 54.0 Å². The summed E-state index contributed by atoms with van der Waals surface area (Å²) in [5, 5.41) is 0.501. The standard InChI is InChI=1S/C31H37FN4O5/c1-19(2)31(40)41-18-35-17-26(25-13-23(9-12-27(25)35)28(37)30(39)33(5)6)29(38)36-15-20(3)34(14-21(36)4)16-22-7-10-24(32)11-8-22/h7-13,17,19-21H,14-16,18H2,1-6H3/t20-,21+/m0/s1. The third-order valence-electron chi connectivity index (χ3n) is 7.47. The molecule has 1 fully saturated rings. The van der Waals surface area contributed by atoms with Gasteiger partial charge in [0.15, 0.2) is 6.73 Å². The van der Waals surface area contributed by atoms with Crippen LogP contribution in [0.4, 0.5) is 4.39 Å². The van der Waals surface area contributed by atoms with Gasteiger partial charge in [0.25, 0.3) is 11.8 Å². The SMILES string of the molecule is CC(C)C(=O)OCn1cc(C(=O)N2C[C@H](C)N(Cc3ccc(F)cc3)C[C@H]2C)c2cc(C(=O)C(=O)N(C)C)ccc21. The second-order valence-corrected chi connectivity index (χ2v) is 11.2. The molecule has 0 spiro atoms.